The van der Waals surface area contributed by atoms with E-state index in [1.807, 2.05) is 7.05 Å². The number of pyridine rings is 1. The summed E-state index contributed by atoms with van der Waals surface area (Å²) < 4.78 is 23.6. The predicted molar refractivity (Wildman–Crippen MR) is 147 cm³/mol. The maximum absolute atomic E-state index is 13.2. The molecule has 2 aliphatic heterocycles. The lowest BCUT2D eigenvalue weighted by molar-refractivity contribution is -0.137. The van der Waals surface area contributed by atoms with E-state index < -0.39 is 46.1 Å². The van der Waals surface area contributed by atoms with Crippen LogP contribution in [0.2, 0.25) is 5.02 Å². The van der Waals surface area contributed by atoms with Gasteiger partial charge in [-0.05, 0) is 19.2 Å². The van der Waals surface area contributed by atoms with Gasteiger partial charge in [0.15, 0.2) is 14.8 Å². The highest BCUT2D eigenvalue weighted by atomic mass is 35.5. The van der Waals surface area contributed by atoms with Gasteiger partial charge in [-0.15, -0.1) is 23.7 Å². The topological polar surface area (TPSA) is 171 Å². The number of rotatable bonds is 6. The van der Waals surface area contributed by atoms with Crippen LogP contribution < -0.4 is 16.0 Å². The van der Waals surface area contributed by atoms with Crippen LogP contribution in [0.3, 0.4) is 0 Å². The number of nitrogens with zero attached hydrogens (tertiary/aromatic N) is 4. The maximum atomic E-state index is 13.2. The van der Waals surface area contributed by atoms with Crippen molar-refractivity contribution in [2.75, 3.05) is 50.0 Å². The lowest BCUT2D eigenvalue weighted by Gasteiger charge is -2.30. The molecule has 4 amide bonds. The number of hydrogen-bond acceptors (Lipinski definition) is 10. The average molecular weight is 621 g/mol. The van der Waals surface area contributed by atoms with Crippen molar-refractivity contribution in [1.82, 2.24) is 30.4 Å². The Labute approximate surface area is 240 Å². The maximum Gasteiger partial charge on any atom is 0.314 e. The van der Waals surface area contributed by atoms with Crippen LogP contribution in [-0.4, -0.2) is 103 Å². The molecule has 4 heterocycles. The van der Waals surface area contributed by atoms with Gasteiger partial charge >= 0.3 is 11.8 Å². The van der Waals surface area contributed by atoms with Gasteiger partial charge in [0.25, 0.3) is 5.91 Å². The van der Waals surface area contributed by atoms with E-state index in [0.29, 0.717) is 18.0 Å². The van der Waals surface area contributed by atoms with Gasteiger partial charge in [-0.2, -0.15) is 0 Å². The molecule has 2 aromatic heterocycles. The van der Waals surface area contributed by atoms with Crippen molar-refractivity contribution in [1.29, 1.82) is 0 Å². The Kier molecular flexibility index (Phi) is 10.2. The molecule has 0 saturated carbocycles. The van der Waals surface area contributed by atoms with Crippen LogP contribution in [0, 0.1) is 0 Å². The quantitative estimate of drug-likeness (QED) is 0.367. The number of aromatic nitrogens is 2. The largest absolute Gasteiger partial charge is 0.345 e. The van der Waals surface area contributed by atoms with E-state index in [-0.39, 0.29) is 47.8 Å². The molecule has 4 rings (SSSR count). The summed E-state index contributed by atoms with van der Waals surface area (Å²) in [6.07, 6.45) is 2.00. The molecule has 2 aromatic rings. The summed E-state index contributed by atoms with van der Waals surface area (Å²) in [5.74, 6) is -3.55. The molecule has 212 valence electrons. The number of carbonyl (C=O) groups is 4. The first kappa shape index (κ1) is 30.7. The van der Waals surface area contributed by atoms with Gasteiger partial charge in [0.2, 0.25) is 5.91 Å². The molecule has 0 aliphatic carbocycles. The molecule has 1 saturated heterocycles. The van der Waals surface area contributed by atoms with Crippen LogP contribution in [0.25, 0.3) is 0 Å². The first-order valence-corrected chi connectivity index (χ1v) is 14.7. The first-order chi connectivity index (χ1) is 18.0. The molecule has 1 unspecified atom stereocenters. The summed E-state index contributed by atoms with van der Waals surface area (Å²) in [5.41, 5.74) is 0.836. The number of likely N-dealkylation sites (N-methyl/N-ethyl adjacent to an activating group) is 1. The van der Waals surface area contributed by atoms with Crippen LogP contribution in [-0.2, 0) is 37.2 Å². The summed E-state index contributed by atoms with van der Waals surface area (Å²) in [6, 6.07) is 1.65. The minimum Gasteiger partial charge on any atom is -0.345 e. The molecular weight excluding hydrogens is 593 g/mol. The van der Waals surface area contributed by atoms with Crippen LogP contribution in [0.1, 0.15) is 20.4 Å². The molecule has 0 radical (unpaired) electrons. The second kappa shape index (κ2) is 13.0. The molecule has 39 heavy (non-hydrogen) atoms. The molecular formula is C22H27Cl2N7O6S2. The van der Waals surface area contributed by atoms with E-state index in [1.165, 1.54) is 34.6 Å². The lowest BCUT2D eigenvalue weighted by atomic mass is 10.2. The number of fused-ring (bicyclic) bond motifs is 1. The van der Waals surface area contributed by atoms with E-state index in [9.17, 15) is 27.6 Å². The van der Waals surface area contributed by atoms with Gasteiger partial charge in [0.1, 0.15) is 11.9 Å². The molecule has 1 atom stereocenters. The summed E-state index contributed by atoms with van der Waals surface area (Å²) >= 11 is 6.99. The zero-order valence-electron chi connectivity index (χ0n) is 20.8. The molecule has 0 bridgehead atoms. The standard InChI is InChI=1S/C22H26ClN7O6S2.ClH/c1-29-5-4-14-16(12-29)37-21(27-14)20(33)26-15(22(34)30-6-8-38(35,36)9-7-30)11-25-18(31)19(32)28-17-3-2-13(23)10-24-17;/h2-3,10,15H,4-9,11-12H2,1H3,(H,25,31)(H,26,33)(H,24,28,32);1H. The smallest absolute Gasteiger partial charge is 0.314 e. The third-order valence-corrected chi connectivity index (χ3v) is 8.93. The van der Waals surface area contributed by atoms with Crippen LogP contribution in [0.4, 0.5) is 5.82 Å². The van der Waals surface area contributed by atoms with Crippen molar-refractivity contribution in [3.8, 4) is 0 Å². The van der Waals surface area contributed by atoms with Crippen molar-refractivity contribution < 1.29 is 27.6 Å². The highest BCUT2D eigenvalue weighted by Crippen LogP contribution is 2.24. The molecule has 13 nitrogen and oxygen atoms in total. The van der Waals surface area contributed by atoms with E-state index in [0.717, 1.165) is 17.1 Å². The summed E-state index contributed by atoms with van der Waals surface area (Å²) in [7, 11) is -1.28. The Morgan fingerprint density at radius 1 is 1.13 bits per heavy atom. The van der Waals surface area contributed by atoms with Crippen molar-refractivity contribution in [3.05, 3.63) is 38.9 Å². The fourth-order valence-electron chi connectivity index (χ4n) is 3.89. The van der Waals surface area contributed by atoms with Gasteiger partial charge < -0.3 is 25.8 Å². The van der Waals surface area contributed by atoms with Crippen molar-refractivity contribution in [2.45, 2.75) is 19.0 Å². The molecule has 17 heteroatoms. The van der Waals surface area contributed by atoms with Crippen LogP contribution in [0.5, 0.6) is 0 Å². The van der Waals surface area contributed by atoms with E-state index in [1.54, 1.807) is 0 Å². The third kappa shape index (κ3) is 8.08. The number of halogens is 2. The molecule has 0 spiro atoms. The Bertz CT molecular complexity index is 1340. The second-order valence-electron chi connectivity index (χ2n) is 8.91. The molecule has 3 N–H and O–H groups in total. The molecule has 2 aliphatic rings. The lowest BCUT2D eigenvalue weighted by Crippen LogP contribution is -2.57. The highest BCUT2D eigenvalue weighted by molar-refractivity contribution is 7.91. The number of carbonyl (C=O) groups excluding carboxylic acids is 4. The minimum absolute atomic E-state index is 0. The van der Waals surface area contributed by atoms with Crippen molar-refractivity contribution in [3.63, 3.8) is 0 Å². The summed E-state index contributed by atoms with van der Waals surface area (Å²) in [5, 5.41) is 7.80. The fraction of sp³-hybridized carbons (Fsp3) is 0.455. The number of hydrogen-bond donors (Lipinski definition) is 3. The zero-order valence-corrected chi connectivity index (χ0v) is 24.0. The van der Waals surface area contributed by atoms with Crippen molar-refractivity contribution >= 4 is 74.6 Å². The SMILES string of the molecule is CN1CCc2nc(C(=O)NC(CNC(=O)C(=O)Nc3ccc(Cl)cn3)C(=O)N3CCS(=O)(=O)CC3)sc2C1.Cl. The number of nitrogens with one attached hydrogen (secondary N) is 3. The Morgan fingerprint density at radius 3 is 2.51 bits per heavy atom. The van der Waals surface area contributed by atoms with Crippen LogP contribution in [0.15, 0.2) is 18.3 Å². The number of thiazole rings is 1. The monoisotopic (exact) mass is 619 g/mol. The van der Waals surface area contributed by atoms with Crippen molar-refractivity contribution in [2.24, 2.45) is 0 Å². The summed E-state index contributed by atoms with van der Waals surface area (Å²) in [4.78, 5) is 63.7. The third-order valence-electron chi connectivity index (χ3n) is 6.02. The number of anilines is 1. The minimum atomic E-state index is -3.25. The van der Waals surface area contributed by atoms with Gasteiger partial charge in [0, 0.05) is 50.2 Å². The van der Waals surface area contributed by atoms with Gasteiger partial charge in [-0.1, -0.05) is 11.6 Å². The predicted octanol–water partition coefficient (Wildman–Crippen LogP) is -0.288. The summed E-state index contributed by atoms with van der Waals surface area (Å²) in [6.45, 7) is 1.00. The Morgan fingerprint density at radius 2 is 1.85 bits per heavy atom. The zero-order chi connectivity index (χ0) is 27.4. The molecule has 0 aromatic carbocycles. The number of amides is 4. The van der Waals surface area contributed by atoms with Gasteiger partial charge in [-0.25, -0.2) is 18.4 Å². The van der Waals surface area contributed by atoms with E-state index >= 15 is 0 Å². The number of sulfone groups is 1. The van der Waals surface area contributed by atoms with Gasteiger partial charge in [-0.3, -0.25) is 19.2 Å². The van der Waals surface area contributed by atoms with E-state index in [4.69, 9.17) is 11.6 Å². The Balaban J connectivity index is 0.00000420. The normalized spacial score (nSPS) is 17.2. The Hall–Kier alpha value is -2.85. The van der Waals surface area contributed by atoms with Gasteiger partial charge in [0.05, 0.1) is 22.2 Å². The van der Waals surface area contributed by atoms with Crippen LogP contribution >= 0.6 is 35.3 Å². The fourth-order valence-corrected chi connectivity index (χ4v) is 6.30. The second-order valence-corrected chi connectivity index (χ2v) is 12.7. The first-order valence-electron chi connectivity index (χ1n) is 11.7. The van der Waals surface area contributed by atoms with E-state index in [2.05, 4.69) is 30.8 Å². The molecule has 1 fully saturated rings. The highest BCUT2D eigenvalue weighted by Gasteiger charge is 2.32. The average Bonchev–Trinajstić information content (AvgIpc) is 3.30.